The van der Waals surface area contributed by atoms with Crippen LogP contribution in [0.3, 0.4) is 0 Å². The number of hydrogen-bond acceptors (Lipinski definition) is 5. The summed E-state index contributed by atoms with van der Waals surface area (Å²) < 4.78 is 6.58. The Kier molecular flexibility index (Phi) is 5.17. The predicted molar refractivity (Wildman–Crippen MR) is 100 cm³/mol. The Morgan fingerprint density at radius 1 is 1.15 bits per heavy atom. The van der Waals surface area contributed by atoms with E-state index in [4.69, 9.17) is 4.74 Å². The fourth-order valence-corrected chi connectivity index (χ4v) is 2.66. The highest BCUT2D eigenvalue weighted by atomic mass is 16.5. The largest absolute Gasteiger partial charge is 0.497 e. The fraction of sp³-hybridized carbons (Fsp3) is 0.211. The Labute approximate surface area is 150 Å². The summed E-state index contributed by atoms with van der Waals surface area (Å²) in [6.45, 7) is 2.29. The van der Waals surface area contributed by atoms with Gasteiger partial charge in [-0.3, -0.25) is 25.0 Å². The highest BCUT2D eigenvalue weighted by molar-refractivity contribution is 5.81. The van der Waals surface area contributed by atoms with Gasteiger partial charge in [-0.25, -0.2) is 4.98 Å². The molecule has 0 radical (unpaired) electrons. The van der Waals surface area contributed by atoms with Crippen LogP contribution in [0, 0.1) is 0 Å². The van der Waals surface area contributed by atoms with E-state index >= 15 is 0 Å². The minimum atomic E-state index is -0.236. The average molecular weight is 352 g/mol. The first-order valence-corrected chi connectivity index (χ1v) is 8.29. The van der Waals surface area contributed by atoms with Gasteiger partial charge in [-0.2, -0.15) is 0 Å². The molecule has 7 nitrogen and oxygen atoms in total. The number of anilines is 1. The first-order chi connectivity index (χ1) is 12.6. The van der Waals surface area contributed by atoms with E-state index in [1.165, 1.54) is 4.57 Å². The molecule has 0 aliphatic heterocycles. The molecule has 3 rings (SSSR count). The molecule has 2 aromatic carbocycles. The maximum atomic E-state index is 12.5. The number of carbonyl (C=O) groups is 1. The van der Waals surface area contributed by atoms with Gasteiger partial charge in [0.05, 0.1) is 24.4 Å². The second-order valence-electron chi connectivity index (χ2n) is 5.70. The van der Waals surface area contributed by atoms with Crippen molar-refractivity contribution in [3.8, 4) is 5.75 Å². The summed E-state index contributed by atoms with van der Waals surface area (Å²) in [6.07, 6.45) is 0.195. The zero-order valence-electron chi connectivity index (χ0n) is 14.7. The van der Waals surface area contributed by atoms with Crippen LogP contribution < -0.4 is 21.1 Å². The number of ether oxygens (including phenoxy) is 1. The molecule has 0 bridgehead atoms. The number of benzene rings is 2. The van der Waals surface area contributed by atoms with Crippen molar-refractivity contribution in [3.05, 3.63) is 64.4 Å². The van der Waals surface area contributed by atoms with Gasteiger partial charge in [-0.1, -0.05) is 24.3 Å². The Bertz CT molecular complexity index is 980. The molecule has 0 atom stereocenters. The van der Waals surface area contributed by atoms with E-state index in [1.807, 2.05) is 25.1 Å². The molecule has 0 fully saturated rings. The van der Waals surface area contributed by atoms with Crippen molar-refractivity contribution in [2.45, 2.75) is 19.9 Å². The number of nitrogens with one attached hydrogen (secondary N) is 2. The number of para-hydroxylation sites is 1. The van der Waals surface area contributed by atoms with Crippen molar-refractivity contribution in [1.29, 1.82) is 0 Å². The monoisotopic (exact) mass is 352 g/mol. The summed E-state index contributed by atoms with van der Waals surface area (Å²) >= 11 is 0. The van der Waals surface area contributed by atoms with E-state index in [1.54, 1.807) is 37.4 Å². The van der Waals surface area contributed by atoms with E-state index in [-0.39, 0.29) is 17.9 Å². The number of hydrazine groups is 1. The molecule has 0 aliphatic rings. The average Bonchev–Trinajstić information content (AvgIpc) is 2.67. The minimum Gasteiger partial charge on any atom is -0.497 e. The van der Waals surface area contributed by atoms with Gasteiger partial charge in [0, 0.05) is 6.54 Å². The summed E-state index contributed by atoms with van der Waals surface area (Å²) in [4.78, 5) is 29.1. The van der Waals surface area contributed by atoms with Crippen LogP contribution in [0.5, 0.6) is 5.75 Å². The second-order valence-corrected chi connectivity index (χ2v) is 5.70. The van der Waals surface area contributed by atoms with Gasteiger partial charge in [0.15, 0.2) is 0 Å². The minimum absolute atomic E-state index is 0.148. The number of nitrogens with zero attached hydrogens (tertiary/aromatic N) is 2. The fourth-order valence-electron chi connectivity index (χ4n) is 2.66. The molecule has 7 heteroatoms. The number of fused-ring (bicyclic) bond motifs is 1. The molecule has 1 amide bonds. The van der Waals surface area contributed by atoms with E-state index < -0.39 is 0 Å². The normalized spacial score (nSPS) is 10.5. The molecule has 3 aromatic rings. The summed E-state index contributed by atoms with van der Waals surface area (Å²) in [7, 11) is 1.59. The Morgan fingerprint density at radius 2 is 1.88 bits per heavy atom. The van der Waals surface area contributed by atoms with Crippen LogP contribution in [0.2, 0.25) is 0 Å². The molecular formula is C19H20N4O3. The molecule has 0 spiro atoms. The summed E-state index contributed by atoms with van der Waals surface area (Å²) in [6, 6.07) is 14.4. The predicted octanol–water partition coefficient (Wildman–Crippen LogP) is 2.11. The molecule has 0 unspecified atom stereocenters. The second kappa shape index (κ2) is 7.69. The van der Waals surface area contributed by atoms with Gasteiger partial charge >= 0.3 is 0 Å². The van der Waals surface area contributed by atoms with Crippen LogP contribution in [0.25, 0.3) is 10.9 Å². The SMILES string of the molecule is CCn1c(NNC(=O)Cc2ccc(OC)cc2)nc2ccccc2c1=O. The highest BCUT2D eigenvalue weighted by Gasteiger charge is 2.10. The Balaban J connectivity index is 1.74. The van der Waals surface area contributed by atoms with Crippen molar-refractivity contribution < 1.29 is 9.53 Å². The third-order valence-electron chi connectivity index (χ3n) is 4.02. The van der Waals surface area contributed by atoms with Crippen molar-refractivity contribution in [1.82, 2.24) is 15.0 Å². The van der Waals surface area contributed by atoms with E-state index in [9.17, 15) is 9.59 Å². The molecule has 26 heavy (non-hydrogen) atoms. The van der Waals surface area contributed by atoms with Crippen LogP contribution in [-0.4, -0.2) is 22.6 Å². The number of rotatable bonds is 6. The van der Waals surface area contributed by atoms with Crippen LogP contribution in [0.4, 0.5) is 5.95 Å². The first-order valence-electron chi connectivity index (χ1n) is 8.29. The number of amides is 1. The highest BCUT2D eigenvalue weighted by Crippen LogP contribution is 2.12. The zero-order valence-corrected chi connectivity index (χ0v) is 14.7. The van der Waals surface area contributed by atoms with Gasteiger partial charge < -0.3 is 4.74 Å². The van der Waals surface area contributed by atoms with E-state index in [0.29, 0.717) is 23.4 Å². The molecule has 0 saturated carbocycles. The molecule has 0 aliphatic carbocycles. The third kappa shape index (κ3) is 3.66. The van der Waals surface area contributed by atoms with E-state index in [2.05, 4.69) is 15.8 Å². The first kappa shape index (κ1) is 17.5. The molecule has 0 saturated heterocycles. The smallest absolute Gasteiger partial charge is 0.262 e. The Hall–Kier alpha value is -3.35. The molecule has 2 N–H and O–H groups in total. The maximum absolute atomic E-state index is 12.5. The maximum Gasteiger partial charge on any atom is 0.262 e. The van der Waals surface area contributed by atoms with Crippen molar-refractivity contribution in [3.63, 3.8) is 0 Å². The van der Waals surface area contributed by atoms with Crippen molar-refractivity contribution in [2.24, 2.45) is 0 Å². The van der Waals surface area contributed by atoms with Crippen LogP contribution >= 0.6 is 0 Å². The quantitative estimate of drug-likeness (QED) is 0.664. The number of carbonyl (C=O) groups excluding carboxylic acids is 1. The lowest BCUT2D eigenvalue weighted by molar-refractivity contribution is -0.119. The summed E-state index contributed by atoms with van der Waals surface area (Å²) in [5, 5.41) is 0.546. The third-order valence-corrected chi connectivity index (χ3v) is 4.02. The van der Waals surface area contributed by atoms with Crippen molar-refractivity contribution >= 4 is 22.8 Å². The summed E-state index contributed by atoms with van der Waals surface area (Å²) in [5.41, 5.74) is 6.65. The number of methoxy groups -OCH3 is 1. The lowest BCUT2D eigenvalue weighted by Crippen LogP contribution is -2.35. The van der Waals surface area contributed by atoms with E-state index in [0.717, 1.165) is 11.3 Å². The van der Waals surface area contributed by atoms with Crippen LogP contribution in [0.1, 0.15) is 12.5 Å². The van der Waals surface area contributed by atoms with Gasteiger partial charge in [-0.05, 0) is 36.8 Å². The van der Waals surface area contributed by atoms with Crippen LogP contribution in [0.15, 0.2) is 53.3 Å². The topological polar surface area (TPSA) is 85.2 Å². The number of hydrogen-bond donors (Lipinski definition) is 2. The van der Waals surface area contributed by atoms with Crippen molar-refractivity contribution in [2.75, 3.05) is 12.5 Å². The van der Waals surface area contributed by atoms with Gasteiger partial charge in [-0.15, -0.1) is 0 Å². The van der Waals surface area contributed by atoms with Gasteiger partial charge in [0.2, 0.25) is 11.9 Å². The zero-order chi connectivity index (χ0) is 18.5. The summed E-state index contributed by atoms with van der Waals surface area (Å²) in [5.74, 6) is 0.805. The van der Waals surface area contributed by atoms with Crippen LogP contribution in [-0.2, 0) is 17.8 Å². The molecule has 134 valence electrons. The molecule has 1 aromatic heterocycles. The Morgan fingerprint density at radius 3 is 2.58 bits per heavy atom. The molecule has 1 heterocycles. The lowest BCUT2D eigenvalue weighted by Gasteiger charge is -2.14. The standard InChI is InChI=1S/C19H20N4O3/c1-3-23-18(25)15-6-4-5-7-16(15)20-19(23)22-21-17(24)12-13-8-10-14(26-2)11-9-13/h4-11H,3,12H2,1-2H3,(H,20,22)(H,21,24). The van der Waals surface area contributed by atoms with Gasteiger partial charge in [0.1, 0.15) is 5.75 Å². The number of aromatic nitrogens is 2. The molecular weight excluding hydrogens is 332 g/mol. The van der Waals surface area contributed by atoms with Gasteiger partial charge in [0.25, 0.3) is 5.56 Å². The lowest BCUT2D eigenvalue weighted by atomic mass is 10.1.